The maximum absolute atomic E-state index is 13.1. The van der Waals surface area contributed by atoms with E-state index in [1.807, 2.05) is 6.07 Å². The van der Waals surface area contributed by atoms with Gasteiger partial charge in [-0.3, -0.25) is 9.59 Å². The number of benzene rings is 1. The number of nitriles is 1. The van der Waals surface area contributed by atoms with Gasteiger partial charge in [-0.05, 0) is 42.2 Å². The molecule has 5 nitrogen and oxygen atoms in total. The molecule has 3 rings (SSSR count). The van der Waals surface area contributed by atoms with Gasteiger partial charge >= 0.3 is 0 Å². The lowest BCUT2D eigenvalue weighted by atomic mass is 9.95. The lowest BCUT2D eigenvalue weighted by Crippen LogP contribution is -2.40. The van der Waals surface area contributed by atoms with Crippen molar-refractivity contribution < 1.29 is 9.18 Å². The molecule has 0 atom stereocenters. The molecule has 1 saturated carbocycles. The van der Waals surface area contributed by atoms with Crippen LogP contribution in [-0.4, -0.2) is 16.5 Å². The smallest absolute Gasteiger partial charge is 0.268 e. The fraction of sp³-hybridized carbons (Fsp3) is 0.350. The predicted octanol–water partition coefficient (Wildman–Crippen LogP) is 2.97. The number of aromatic nitrogens is 1. The van der Waals surface area contributed by atoms with Crippen molar-refractivity contribution in [2.45, 2.75) is 44.7 Å². The third-order valence-electron chi connectivity index (χ3n) is 4.67. The molecule has 1 amide bonds. The average molecular weight is 353 g/mol. The van der Waals surface area contributed by atoms with Gasteiger partial charge in [0.15, 0.2) is 0 Å². The van der Waals surface area contributed by atoms with E-state index in [1.165, 1.54) is 35.4 Å². The third-order valence-corrected chi connectivity index (χ3v) is 4.67. The van der Waals surface area contributed by atoms with Gasteiger partial charge in [0.1, 0.15) is 24.0 Å². The molecule has 1 fully saturated rings. The molecule has 1 aromatic heterocycles. The monoisotopic (exact) mass is 353 g/mol. The van der Waals surface area contributed by atoms with Gasteiger partial charge in [-0.25, -0.2) is 4.39 Å². The first-order chi connectivity index (χ1) is 12.6. The van der Waals surface area contributed by atoms with E-state index >= 15 is 0 Å². The van der Waals surface area contributed by atoms with Gasteiger partial charge in [0.05, 0.1) is 0 Å². The molecular weight excluding hydrogens is 333 g/mol. The number of nitrogens with one attached hydrogen (secondary N) is 1. The highest BCUT2D eigenvalue weighted by Gasteiger charge is 2.17. The zero-order valence-electron chi connectivity index (χ0n) is 14.4. The highest BCUT2D eigenvalue weighted by atomic mass is 19.1. The van der Waals surface area contributed by atoms with E-state index in [-0.39, 0.29) is 29.9 Å². The van der Waals surface area contributed by atoms with Crippen molar-refractivity contribution in [3.8, 4) is 17.2 Å². The lowest BCUT2D eigenvalue weighted by molar-refractivity contribution is -0.122. The summed E-state index contributed by atoms with van der Waals surface area (Å²) in [5, 5.41) is 12.2. The third kappa shape index (κ3) is 4.17. The van der Waals surface area contributed by atoms with Crippen molar-refractivity contribution in [3.63, 3.8) is 0 Å². The molecule has 134 valence electrons. The van der Waals surface area contributed by atoms with Crippen molar-refractivity contribution in [1.29, 1.82) is 5.26 Å². The summed E-state index contributed by atoms with van der Waals surface area (Å²) in [4.78, 5) is 24.7. The van der Waals surface area contributed by atoms with E-state index in [0.717, 1.165) is 25.7 Å². The minimum Gasteiger partial charge on any atom is -0.352 e. The Morgan fingerprint density at radius 3 is 2.54 bits per heavy atom. The molecule has 1 heterocycles. The summed E-state index contributed by atoms with van der Waals surface area (Å²) >= 11 is 0. The Labute approximate surface area is 151 Å². The fourth-order valence-corrected chi connectivity index (χ4v) is 3.31. The summed E-state index contributed by atoms with van der Waals surface area (Å²) < 4.78 is 14.4. The molecule has 2 aromatic rings. The second-order valence-electron chi connectivity index (χ2n) is 6.60. The number of rotatable bonds is 4. The molecule has 1 aliphatic rings. The van der Waals surface area contributed by atoms with Crippen LogP contribution in [0.3, 0.4) is 0 Å². The van der Waals surface area contributed by atoms with Gasteiger partial charge < -0.3 is 9.88 Å². The quantitative estimate of drug-likeness (QED) is 0.918. The summed E-state index contributed by atoms with van der Waals surface area (Å²) in [5.41, 5.74) is 0.713. The van der Waals surface area contributed by atoms with Gasteiger partial charge in [-0.2, -0.15) is 5.26 Å². The van der Waals surface area contributed by atoms with Crippen LogP contribution in [-0.2, 0) is 11.3 Å². The number of nitrogens with zero attached hydrogens (tertiary/aromatic N) is 2. The van der Waals surface area contributed by atoms with Crippen LogP contribution in [0, 0.1) is 17.1 Å². The summed E-state index contributed by atoms with van der Waals surface area (Å²) in [7, 11) is 0. The molecule has 0 saturated heterocycles. The SMILES string of the molecule is N#Cc1cc(-c2ccc(F)cc2)cn(CC(=O)NC2CCCCC2)c1=O. The first-order valence-corrected chi connectivity index (χ1v) is 8.76. The Morgan fingerprint density at radius 1 is 1.19 bits per heavy atom. The Hall–Kier alpha value is -2.94. The second-order valence-corrected chi connectivity index (χ2v) is 6.60. The lowest BCUT2D eigenvalue weighted by Gasteiger charge is -2.23. The number of hydrogen-bond acceptors (Lipinski definition) is 3. The topological polar surface area (TPSA) is 74.9 Å². The first kappa shape index (κ1) is 17.9. The molecule has 1 aromatic carbocycles. The highest BCUT2D eigenvalue weighted by Crippen LogP contribution is 2.20. The minimum atomic E-state index is -0.503. The second kappa shape index (κ2) is 7.96. The molecule has 0 spiro atoms. The van der Waals surface area contributed by atoms with E-state index in [0.29, 0.717) is 11.1 Å². The standard InChI is InChI=1S/C20H20FN3O2/c21-17-8-6-14(7-9-17)16-10-15(11-22)20(26)24(12-16)13-19(25)23-18-4-2-1-3-5-18/h6-10,12,18H,1-5,13H2,(H,23,25). The van der Waals surface area contributed by atoms with Crippen LogP contribution in [0.15, 0.2) is 41.3 Å². The zero-order valence-corrected chi connectivity index (χ0v) is 14.4. The Morgan fingerprint density at radius 2 is 1.88 bits per heavy atom. The molecule has 26 heavy (non-hydrogen) atoms. The number of pyridine rings is 1. The number of hydrogen-bond donors (Lipinski definition) is 1. The first-order valence-electron chi connectivity index (χ1n) is 8.76. The molecule has 1 aliphatic carbocycles. The van der Waals surface area contributed by atoms with E-state index < -0.39 is 5.56 Å². The fourth-order valence-electron chi connectivity index (χ4n) is 3.31. The Kier molecular flexibility index (Phi) is 5.47. The number of halogens is 1. The molecule has 0 bridgehead atoms. The van der Waals surface area contributed by atoms with E-state index in [9.17, 15) is 19.2 Å². The average Bonchev–Trinajstić information content (AvgIpc) is 2.65. The molecule has 1 N–H and O–H groups in total. The van der Waals surface area contributed by atoms with Crippen LogP contribution in [0.25, 0.3) is 11.1 Å². The largest absolute Gasteiger partial charge is 0.352 e. The molecule has 0 unspecified atom stereocenters. The van der Waals surface area contributed by atoms with Crippen molar-refractivity contribution in [2.75, 3.05) is 0 Å². The zero-order chi connectivity index (χ0) is 18.5. The maximum atomic E-state index is 13.1. The predicted molar refractivity (Wildman–Crippen MR) is 95.8 cm³/mol. The normalized spacial score (nSPS) is 14.6. The summed E-state index contributed by atoms with van der Waals surface area (Å²) in [6, 6.07) is 9.26. The van der Waals surface area contributed by atoms with E-state index in [2.05, 4.69) is 5.32 Å². The van der Waals surface area contributed by atoms with Crippen LogP contribution in [0.5, 0.6) is 0 Å². The molecule has 0 radical (unpaired) electrons. The number of carbonyl (C=O) groups excluding carboxylic acids is 1. The van der Waals surface area contributed by atoms with Gasteiger partial charge in [-0.15, -0.1) is 0 Å². The van der Waals surface area contributed by atoms with Crippen molar-refractivity contribution >= 4 is 5.91 Å². The van der Waals surface area contributed by atoms with Crippen LogP contribution < -0.4 is 10.9 Å². The van der Waals surface area contributed by atoms with Crippen molar-refractivity contribution in [3.05, 3.63) is 58.3 Å². The summed E-state index contributed by atoms with van der Waals surface area (Å²) in [5.74, 6) is -0.603. The summed E-state index contributed by atoms with van der Waals surface area (Å²) in [6.07, 6.45) is 6.85. The Balaban J connectivity index is 1.84. The van der Waals surface area contributed by atoms with Gasteiger partial charge in [0.25, 0.3) is 5.56 Å². The summed E-state index contributed by atoms with van der Waals surface area (Å²) in [6.45, 7) is -0.140. The maximum Gasteiger partial charge on any atom is 0.268 e. The molecular formula is C20H20FN3O2. The molecule has 0 aliphatic heterocycles. The number of carbonyl (C=O) groups is 1. The van der Waals surface area contributed by atoms with Crippen LogP contribution in [0.4, 0.5) is 4.39 Å². The molecule has 6 heteroatoms. The minimum absolute atomic E-state index is 0.0442. The van der Waals surface area contributed by atoms with Crippen molar-refractivity contribution in [2.24, 2.45) is 0 Å². The van der Waals surface area contributed by atoms with E-state index in [4.69, 9.17) is 0 Å². The van der Waals surface area contributed by atoms with E-state index in [1.54, 1.807) is 12.1 Å². The van der Waals surface area contributed by atoms with Crippen LogP contribution in [0.1, 0.15) is 37.7 Å². The van der Waals surface area contributed by atoms with Crippen LogP contribution in [0.2, 0.25) is 0 Å². The van der Waals surface area contributed by atoms with Gasteiger partial charge in [0, 0.05) is 12.2 Å². The van der Waals surface area contributed by atoms with Crippen LogP contribution >= 0.6 is 0 Å². The highest BCUT2D eigenvalue weighted by molar-refractivity contribution is 5.76. The van der Waals surface area contributed by atoms with Gasteiger partial charge in [-0.1, -0.05) is 31.4 Å². The number of amides is 1. The van der Waals surface area contributed by atoms with Crippen molar-refractivity contribution in [1.82, 2.24) is 9.88 Å². The Bertz CT molecular complexity index is 891. The van der Waals surface area contributed by atoms with Gasteiger partial charge in [0.2, 0.25) is 5.91 Å².